The molecule has 1 aliphatic rings. The van der Waals surface area contributed by atoms with Crippen molar-refractivity contribution in [1.82, 2.24) is 9.97 Å². The summed E-state index contributed by atoms with van der Waals surface area (Å²) in [6.45, 7) is 0.471. The highest BCUT2D eigenvalue weighted by molar-refractivity contribution is 6.04. The van der Waals surface area contributed by atoms with Crippen molar-refractivity contribution in [3.63, 3.8) is 0 Å². The van der Waals surface area contributed by atoms with Gasteiger partial charge in [0.05, 0.1) is 6.20 Å². The van der Waals surface area contributed by atoms with Crippen LogP contribution in [-0.4, -0.2) is 33.7 Å². The molecule has 3 rings (SSSR count). The molecule has 8 nitrogen and oxygen atoms in total. The van der Waals surface area contributed by atoms with E-state index in [1.165, 1.54) is 25.1 Å². The van der Waals surface area contributed by atoms with Gasteiger partial charge in [0.2, 0.25) is 5.88 Å². The Bertz CT molecular complexity index is 1060. The number of aliphatic imine (C=N–C) groups is 1. The first kappa shape index (κ1) is 21.0. The monoisotopic (exact) mass is 425 g/mol. The number of alkyl halides is 3. The first-order valence-electron chi connectivity index (χ1n) is 8.39. The van der Waals surface area contributed by atoms with Crippen LogP contribution in [0.4, 0.5) is 23.2 Å². The van der Waals surface area contributed by atoms with E-state index in [2.05, 4.69) is 20.3 Å². The number of nitrogens with zero attached hydrogens (tertiary/aromatic N) is 3. The van der Waals surface area contributed by atoms with E-state index in [0.717, 1.165) is 6.07 Å². The number of hydrogen-bond donors (Lipinski definition) is 3. The van der Waals surface area contributed by atoms with E-state index < -0.39 is 47.6 Å². The van der Waals surface area contributed by atoms with E-state index in [4.69, 9.17) is 10.5 Å². The van der Waals surface area contributed by atoms with Crippen LogP contribution in [0.25, 0.3) is 0 Å². The van der Waals surface area contributed by atoms with Crippen LogP contribution in [0.1, 0.15) is 35.1 Å². The molecule has 4 N–H and O–H groups in total. The fraction of sp³-hybridized carbons (Fsp3) is 0.222. The molecule has 1 aromatic carbocycles. The number of amides is 1. The Balaban J connectivity index is 1.92. The van der Waals surface area contributed by atoms with Gasteiger partial charge in [0, 0.05) is 11.3 Å². The lowest BCUT2D eigenvalue weighted by molar-refractivity contribution is 0.101. The van der Waals surface area contributed by atoms with Gasteiger partial charge < -0.3 is 20.9 Å². The summed E-state index contributed by atoms with van der Waals surface area (Å²) in [4.78, 5) is 23.0. The van der Waals surface area contributed by atoms with Crippen LogP contribution < -0.4 is 11.1 Å². The Kier molecular flexibility index (Phi) is 5.58. The smallest absolute Gasteiger partial charge is 0.288 e. The van der Waals surface area contributed by atoms with Crippen molar-refractivity contribution >= 4 is 17.6 Å². The number of hydrogen-bond acceptors (Lipinski definition) is 7. The molecule has 0 bridgehead atoms. The molecule has 0 saturated heterocycles. The maximum atomic E-state index is 14.5. The second-order valence-electron chi connectivity index (χ2n) is 6.36. The minimum Gasteiger partial charge on any atom is -0.492 e. The maximum absolute atomic E-state index is 14.5. The Morgan fingerprint density at radius 1 is 1.40 bits per heavy atom. The van der Waals surface area contributed by atoms with Gasteiger partial charge in [-0.05, 0) is 31.2 Å². The van der Waals surface area contributed by atoms with Crippen LogP contribution in [0, 0.1) is 5.82 Å². The van der Waals surface area contributed by atoms with Crippen molar-refractivity contribution in [2.45, 2.75) is 18.9 Å². The number of aromatic nitrogens is 2. The Morgan fingerprint density at radius 3 is 2.77 bits per heavy atom. The molecular weight excluding hydrogens is 410 g/mol. The van der Waals surface area contributed by atoms with E-state index in [0.29, 0.717) is 6.20 Å². The summed E-state index contributed by atoms with van der Waals surface area (Å²) in [5, 5.41) is 12.0. The van der Waals surface area contributed by atoms with Gasteiger partial charge in [0.25, 0.3) is 18.4 Å². The number of ether oxygens (including phenoxy) is 1. The van der Waals surface area contributed by atoms with Crippen LogP contribution in [0.3, 0.4) is 0 Å². The van der Waals surface area contributed by atoms with Gasteiger partial charge in [-0.25, -0.2) is 32.5 Å². The van der Waals surface area contributed by atoms with Gasteiger partial charge in [-0.1, -0.05) is 0 Å². The van der Waals surface area contributed by atoms with Crippen LogP contribution in [0.5, 0.6) is 5.88 Å². The van der Waals surface area contributed by atoms with Crippen LogP contribution in [-0.2, 0) is 10.3 Å². The summed E-state index contributed by atoms with van der Waals surface area (Å²) >= 11 is 0. The highest BCUT2D eigenvalue weighted by Crippen LogP contribution is 2.35. The average molecular weight is 425 g/mol. The molecule has 0 aliphatic carbocycles. The second kappa shape index (κ2) is 7.97. The van der Waals surface area contributed by atoms with Gasteiger partial charge in [-0.15, -0.1) is 0 Å². The zero-order valence-electron chi connectivity index (χ0n) is 15.4. The fourth-order valence-electron chi connectivity index (χ4n) is 2.80. The van der Waals surface area contributed by atoms with Crippen molar-refractivity contribution < 1.29 is 32.2 Å². The fourth-order valence-corrected chi connectivity index (χ4v) is 2.80. The van der Waals surface area contributed by atoms with Crippen molar-refractivity contribution in [3.05, 3.63) is 59.0 Å². The molecule has 2 aromatic rings. The molecule has 1 aliphatic heterocycles. The van der Waals surface area contributed by atoms with Crippen molar-refractivity contribution in [2.24, 2.45) is 10.7 Å². The third-order valence-electron chi connectivity index (χ3n) is 4.13. The number of allylic oxidation sites excluding steroid dienone is 1. The van der Waals surface area contributed by atoms with E-state index in [1.807, 2.05) is 0 Å². The quantitative estimate of drug-likeness (QED) is 0.633. The number of carbonyl (C=O) groups excluding carboxylic acids is 1. The van der Waals surface area contributed by atoms with Crippen LogP contribution >= 0.6 is 0 Å². The number of rotatable bonds is 5. The molecule has 2 heterocycles. The lowest BCUT2D eigenvalue weighted by atomic mass is 9.90. The molecule has 12 heteroatoms. The van der Waals surface area contributed by atoms with Gasteiger partial charge in [0.1, 0.15) is 29.5 Å². The largest absolute Gasteiger partial charge is 0.492 e. The predicted octanol–water partition coefficient (Wildman–Crippen LogP) is 2.92. The first-order chi connectivity index (χ1) is 14.1. The molecule has 0 unspecified atom stereocenters. The molecule has 0 saturated carbocycles. The van der Waals surface area contributed by atoms with E-state index in [-0.39, 0.29) is 23.0 Å². The van der Waals surface area contributed by atoms with Gasteiger partial charge >= 0.3 is 0 Å². The number of nitrogens with two attached hydrogens (primary N) is 1. The summed E-state index contributed by atoms with van der Waals surface area (Å²) in [7, 11) is 0. The minimum atomic E-state index is -2.98. The van der Waals surface area contributed by atoms with Crippen molar-refractivity contribution in [3.8, 4) is 5.88 Å². The molecule has 30 heavy (non-hydrogen) atoms. The molecule has 1 aromatic heterocycles. The molecule has 1 atom stereocenters. The molecule has 1 amide bonds. The highest BCUT2D eigenvalue weighted by atomic mass is 19.3. The molecule has 158 valence electrons. The lowest BCUT2D eigenvalue weighted by Crippen LogP contribution is -2.31. The lowest BCUT2D eigenvalue weighted by Gasteiger charge is -2.28. The third-order valence-corrected chi connectivity index (χ3v) is 4.13. The van der Waals surface area contributed by atoms with Crippen LogP contribution in [0.15, 0.2) is 41.2 Å². The topological polar surface area (TPSA) is 123 Å². The second-order valence-corrected chi connectivity index (χ2v) is 6.36. The molecular formula is C18H15F4N5O3. The standard InChI is InChI=1S/C18H15F4N5O3/c1-18(5-9(6-19)30-17(23)27-18)10-4-8(2-3-11(10)20)25-15(28)13-16(29)26-12(7-24-13)14(21)22/h2-5,7,14H,6H2,1H3,(H2,23,27)(H,25,28)(H,26,29)/t18-/m0/s1. The maximum Gasteiger partial charge on any atom is 0.288 e. The number of nitrogens with one attached hydrogen (secondary N) is 1. The van der Waals surface area contributed by atoms with E-state index in [1.54, 1.807) is 0 Å². The van der Waals surface area contributed by atoms with Crippen LogP contribution in [0.2, 0.25) is 0 Å². The number of carbonyl (C=O) groups is 1. The Hall–Kier alpha value is -3.70. The average Bonchev–Trinajstić information content (AvgIpc) is 2.68. The highest BCUT2D eigenvalue weighted by Gasteiger charge is 2.32. The molecule has 0 spiro atoms. The van der Waals surface area contributed by atoms with Crippen molar-refractivity contribution in [1.29, 1.82) is 0 Å². The predicted molar refractivity (Wildman–Crippen MR) is 97.1 cm³/mol. The zero-order valence-corrected chi connectivity index (χ0v) is 15.4. The normalized spacial score (nSPS) is 18.5. The number of halogens is 4. The molecule has 0 fully saturated rings. The van der Waals surface area contributed by atoms with E-state index in [9.17, 15) is 27.5 Å². The van der Waals surface area contributed by atoms with Crippen molar-refractivity contribution in [2.75, 3.05) is 12.0 Å². The summed E-state index contributed by atoms with van der Waals surface area (Å²) in [5.41, 5.74) is 2.72. The summed E-state index contributed by atoms with van der Waals surface area (Å²) in [5.74, 6) is -2.83. The van der Waals surface area contributed by atoms with Gasteiger partial charge in [0.15, 0.2) is 5.69 Å². The summed E-state index contributed by atoms with van der Waals surface area (Å²) < 4.78 is 57.6. The SMILES string of the molecule is C[C@@]1(c2cc(NC(=O)c3ncc(C(F)F)nc3O)ccc2F)C=C(CF)OC(N)=N1. The van der Waals surface area contributed by atoms with Gasteiger partial charge in [-0.2, -0.15) is 0 Å². The number of anilines is 1. The number of benzene rings is 1. The van der Waals surface area contributed by atoms with Gasteiger partial charge in [-0.3, -0.25) is 4.79 Å². The number of amidine groups is 1. The third kappa shape index (κ3) is 4.16. The Morgan fingerprint density at radius 2 is 2.13 bits per heavy atom. The first-order valence-corrected chi connectivity index (χ1v) is 8.39. The zero-order chi connectivity index (χ0) is 22.1. The Labute approximate surface area is 167 Å². The summed E-state index contributed by atoms with van der Waals surface area (Å²) in [6, 6.07) is 3.11. The minimum absolute atomic E-state index is 0.0548. The molecule has 0 radical (unpaired) electrons. The van der Waals surface area contributed by atoms with E-state index >= 15 is 0 Å². The number of aromatic hydroxyl groups is 1. The summed E-state index contributed by atoms with van der Waals surface area (Å²) in [6.07, 6.45) is -1.08.